The van der Waals surface area contributed by atoms with Crippen molar-refractivity contribution >= 4 is 0 Å². The molecular formula is C12H23NO. The lowest BCUT2D eigenvalue weighted by Crippen LogP contribution is -2.41. The van der Waals surface area contributed by atoms with Gasteiger partial charge in [-0.2, -0.15) is 0 Å². The van der Waals surface area contributed by atoms with Crippen molar-refractivity contribution in [3.63, 3.8) is 0 Å². The van der Waals surface area contributed by atoms with Crippen LogP contribution in [0.25, 0.3) is 0 Å². The summed E-state index contributed by atoms with van der Waals surface area (Å²) in [6.07, 6.45) is 7.20. The number of rotatable bonds is 3. The zero-order valence-electron chi connectivity index (χ0n) is 9.30. The molecular weight excluding hydrogens is 174 g/mol. The molecule has 2 aliphatic rings. The Bertz CT molecular complexity index is 164. The molecule has 0 aromatic rings. The van der Waals surface area contributed by atoms with Gasteiger partial charge in [0.1, 0.15) is 0 Å². The third kappa shape index (κ3) is 2.29. The van der Waals surface area contributed by atoms with Crippen LogP contribution in [0.1, 0.15) is 39.0 Å². The molecule has 1 N–H and O–H groups in total. The van der Waals surface area contributed by atoms with Gasteiger partial charge in [-0.15, -0.1) is 0 Å². The fourth-order valence-corrected chi connectivity index (χ4v) is 3.06. The highest BCUT2D eigenvalue weighted by Crippen LogP contribution is 2.32. The molecule has 2 aliphatic heterocycles. The zero-order chi connectivity index (χ0) is 9.80. The van der Waals surface area contributed by atoms with Crippen LogP contribution < -0.4 is 5.32 Å². The second-order valence-corrected chi connectivity index (χ2v) is 4.76. The Morgan fingerprint density at radius 1 is 1.36 bits per heavy atom. The predicted octanol–water partition coefficient (Wildman–Crippen LogP) is 2.19. The quantitative estimate of drug-likeness (QED) is 0.749. The van der Waals surface area contributed by atoms with Gasteiger partial charge < -0.3 is 10.1 Å². The third-order valence-electron chi connectivity index (χ3n) is 3.77. The first-order chi connectivity index (χ1) is 6.92. The summed E-state index contributed by atoms with van der Waals surface area (Å²) < 4.78 is 5.84. The van der Waals surface area contributed by atoms with E-state index in [0.717, 1.165) is 18.4 Å². The Hall–Kier alpha value is -0.0800. The van der Waals surface area contributed by atoms with Crippen LogP contribution >= 0.6 is 0 Å². The summed E-state index contributed by atoms with van der Waals surface area (Å²) in [7, 11) is 0. The molecule has 14 heavy (non-hydrogen) atoms. The van der Waals surface area contributed by atoms with Crippen molar-refractivity contribution in [2.45, 2.75) is 45.1 Å². The summed E-state index contributed by atoms with van der Waals surface area (Å²) >= 11 is 0. The average molecular weight is 197 g/mol. The molecule has 2 saturated heterocycles. The molecule has 0 saturated carbocycles. The maximum absolute atomic E-state index is 5.84. The van der Waals surface area contributed by atoms with Crippen LogP contribution in [-0.4, -0.2) is 25.8 Å². The summed E-state index contributed by atoms with van der Waals surface area (Å²) in [5, 5.41) is 3.52. The number of ether oxygens (including phenoxy) is 1. The lowest BCUT2D eigenvalue weighted by atomic mass is 9.79. The van der Waals surface area contributed by atoms with Gasteiger partial charge in [0.25, 0.3) is 0 Å². The van der Waals surface area contributed by atoms with E-state index in [-0.39, 0.29) is 0 Å². The molecule has 3 unspecified atom stereocenters. The van der Waals surface area contributed by atoms with E-state index in [1.54, 1.807) is 0 Å². The highest BCUT2D eigenvalue weighted by atomic mass is 16.5. The van der Waals surface area contributed by atoms with Crippen molar-refractivity contribution in [3.8, 4) is 0 Å². The summed E-state index contributed by atoms with van der Waals surface area (Å²) in [5.74, 6) is 1.72. The van der Waals surface area contributed by atoms with E-state index in [0.29, 0.717) is 6.10 Å². The minimum absolute atomic E-state index is 0.591. The lowest BCUT2D eigenvalue weighted by Gasteiger charge is -2.35. The first-order valence-corrected chi connectivity index (χ1v) is 6.24. The van der Waals surface area contributed by atoms with E-state index in [2.05, 4.69) is 12.2 Å². The summed E-state index contributed by atoms with van der Waals surface area (Å²) in [4.78, 5) is 0. The Labute approximate surface area is 87.4 Å². The van der Waals surface area contributed by atoms with Crippen LogP contribution in [0.3, 0.4) is 0 Å². The molecule has 3 atom stereocenters. The fraction of sp³-hybridized carbons (Fsp3) is 1.00. The van der Waals surface area contributed by atoms with Gasteiger partial charge in [-0.05, 0) is 50.6 Å². The predicted molar refractivity (Wildman–Crippen MR) is 58.3 cm³/mol. The van der Waals surface area contributed by atoms with Crippen LogP contribution in [-0.2, 0) is 4.74 Å². The van der Waals surface area contributed by atoms with Crippen molar-refractivity contribution < 1.29 is 4.74 Å². The molecule has 0 bridgehead atoms. The van der Waals surface area contributed by atoms with Crippen LogP contribution in [0.4, 0.5) is 0 Å². The number of piperidine rings is 1. The van der Waals surface area contributed by atoms with E-state index < -0.39 is 0 Å². The largest absolute Gasteiger partial charge is 0.378 e. The van der Waals surface area contributed by atoms with Gasteiger partial charge in [0.05, 0.1) is 6.10 Å². The van der Waals surface area contributed by atoms with Gasteiger partial charge in [-0.1, -0.05) is 13.3 Å². The molecule has 2 nitrogen and oxygen atoms in total. The second-order valence-electron chi connectivity index (χ2n) is 4.76. The van der Waals surface area contributed by atoms with Gasteiger partial charge in [0.15, 0.2) is 0 Å². The van der Waals surface area contributed by atoms with Crippen molar-refractivity contribution in [2.75, 3.05) is 19.7 Å². The zero-order valence-corrected chi connectivity index (χ0v) is 9.30. The first-order valence-electron chi connectivity index (χ1n) is 6.24. The Morgan fingerprint density at radius 2 is 2.29 bits per heavy atom. The summed E-state index contributed by atoms with van der Waals surface area (Å²) in [5.41, 5.74) is 0. The monoisotopic (exact) mass is 197 g/mol. The van der Waals surface area contributed by atoms with Crippen LogP contribution in [0, 0.1) is 11.8 Å². The van der Waals surface area contributed by atoms with Crippen LogP contribution in [0.15, 0.2) is 0 Å². The van der Waals surface area contributed by atoms with Crippen molar-refractivity contribution in [3.05, 3.63) is 0 Å². The Kier molecular flexibility index (Phi) is 3.82. The van der Waals surface area contributed by atoms with Gasteiger partial charge in [-0.3, -0.25) is 0 Å². The Balaban J connectivity index is 1.91. The van der Waals surface area contributed by atoms with Crippen molar-refractivity contribution in [1.82, 2.24) is 5.32 Å². The molecule has 0 aliphatic carbocycles. The average Bonchev–Trinajstić information content (AvgIpc) is 2.72. The molecule has 0 amide bonds. The molecule has 0 aromatic carbocycles. The molecule has 2 heterocycles. The molecule has 0 radical (unpaired) electrons. The molecule has 0 spiro atoms. The van der Waals surface area contributed by atoms with Crippen LogP contribution in [0.5, 0.6) is 0 Å². The van der Waals surface area contributed by atoms with Gasteiger partial charge >= 0.3 is 0 Å². The maximum atomic E-state index is 5.84. The highest BCUT2D eigenvalue weighted by molar-refractivity contribution is 4.85. The van der Waals surface area contributed by atoms with E-state index >= 15 is 0 Å². The fourth-order valence-electron chi connectivity index (χ4n) is 3.06. The number of nitrogens with one attached hydrogen (secondary N) is 1. The van der Waals surface area contributed by atoms with Crippen molar-refractivity contribution in [1.29, 1.82) is 0 Å². The molecule has 2 heteroatoms. The topological polar surface area (TPSA) is 21.3 Å². The molecule has 0 aromatic heterocycles. The lowest BCUT2D eigenvalue weighted by molar-refractivity contribution is 0.0226. The molecule has 2 fully saturated rings. The van der Waals surface area contributed by atoms with Crippen molar-refractivity contribution in [2.24, 2.45) is 11.8 Å². The van der Waals surface area contributed by atoms with Crippen LogP contribution in [0.2, 0.25) is 0 Å². The van der Waals surface area contributed by atoms with E-state index in [4.69, 9.17) is 4.74 Å². The Morgan fingerprint density at radius 3 is 3.00 bits per heavy atom. The smallest absolute Gasteiger partial charge is 0.0607 e. The molecule has 2 rings (SSSR count). The summed E-state index contributed by atoms with van der Waals surface area (Å²) in [6, 6.07) is 0. The maximum Gasteiger partial charge on any atom is 0.0607 e. The third-order valence-corrected chi connectivity index (χ3v) is 3.77. The number of hydrogen-bond acceptors (Lipinski definition) is 2. The van der Waals surface area contributed by atoms with E-state index in [9.17, 15) is 0 Å². The van der Waals surface area contributed by atoms with Gasteiger partial charge in [0, 0.05) is 6.61 Å². The minimum atomic E-state index is 0.591. The normalized spacial score (nSPS) is 38.8. The standard InChI is InChI=1S/C12H23NO/c1-2-4-10-9-13-7-6-11(10)12-5-3-8-14-12/h10-13H,2-9H2,1H3. The van der Waals surface area contributed by atoms with E-state index in [1.165, 1.54) is 45.2 Å². The van der Waals surface area contributed by atoms with Gasteiger partial charge in [0.2, 0.25) is 0 Å². The molecule has 82 valence electrons. The highest BCUT2D eigenvalue weighted by Gasteiger charge is 2.33. The summed E-state index contributed by atoms with van der Waals surface area (Å²) in [6.45, 7) is 5.72. The van der Waals surface area contributed by atoms with E-state index in [1.807, 2.05) is 0 Å². The SMILES string of the molecule is CCCC1CNCCC1C1CCCO1. The number of hydrogen-bond donors (Lipinski definition) is 1. The minimum Gasteiger partial charge on any atom is -0.378 e. The first kappa shape index (κ1) is 10.4. The van der Waals surface area contributed by atoms with Gasteiger partial charge in [-0.25, -0.2) is 0 Å². The second kappa shape index (κ2) is 5.13.